The van der Waals surface area contributed by atoms with Gasteiger partial charge < -0.3 is 10.1 Å². The summed E-state index contributed by atoms with van der Waals surface area (Å²) >= 11 is 3.25. The quantitative estimate of drug-likeness (QED) is 0.801. The zero-order valence-electron chi connectivity index (χ0n) is 11.3. The molecule has 2 rings (SSSR count). The lowest BCUT2D eigenvalue weighted by atomic mass is 10.2. The molecule has 0 saturated heterocycles. The van der Waals surface area contributed by atoms with Gasteiger partial charge >= 0.3 is 0 Å². The van der Waals surface area contributed by atoms with E-state index in [0.29, 0.717) is 18.7 Å². The van der Waals surface area contributed by atoms with Crippen LogP contribution in [0.15, 0.2) is 46.9 Å². The van der Waals surface area contributed by atoms with E-state index in [9.17, 15) is 4.39 Å². The molecule has 1 N–H and O–H groups in total. The summed E-state index contributed by atoms with van der Waals surface area (Å²) < 4.78 is 20.0. The molecule has 0 saturated carbocycles. The highest BCUT2D eigenvalue weighted by atomic mass is 79.9. The minimum absolute atomic E-state index is 0.217. The van der Waals surface area contributed by atoms with Gasteiger partial charge in [-0.3, -0.25) is 0 Å². The van der Waals surface area contributed by atoms with E-state index in [4.69, 9.17) is 4.74 Å². The summed E-state index contributed by atoms with van der Waals surface area (Å²) in [6.45, 7) is 3.21. The summed E-state index contributed by atoms with van der Waals surface area (Å²) in [6.07, 6.45) is 0.974. The molecule has 4 heteroatoms. The molecule has 0 bridgehead atoms. The van der Waals surface area contributed by atoms with Crippen molar-refractivity contribution < 1.29 is 9.13 Å². The lowest BCUT2D eigenvalue weighted by Gasteiger charge is -2.10. The number of nitrogens with one attached hydrogen (secondary N) is 1. The molecule has 20 heavy (non-hydrogen) atoms. The maximum Gasteiger partial charge on any atom is 0.129 e. The zero-order valence-corrected chi connectivity index (χ0v) is 12.9. The Morgan fingerprint density at radius 1 is 1.20 bits per heavy atom. The number of anilines is 1. The smallest absolute Gasteiger partial charge is 0.129 e. The number of halogens is 2. The fourth-order valence-electron chi connectivity index (χ4n) is 1.78. The van der Waals surface area contributed by atoms with Crippen molar-refractivity contribution in [3.63, 3.8) is 0 Å². The Hall–Kier alpha value is -1.55. The van der Waals surface area contributed by atoms with E-state index >= 15 is 0 Å². The van der Waals surface area contributed by atoms with Crippen molar-refractivity contribution in [2.24, 2.45) is 0 Å². The van der Waals surface area contributed by atoms with E-state index in [0.717, 1.165) is 22.3 Å². The van der Waals surface area contributed by atoms with E-state index in [2.05, 4.69) is 28.2 Å². The van der Waals surface area contributed by atoms with E-state index < -0.39 is 0 Å². The molecule has 0 aliphatic carbocycles. The van der Waals surface area contributed by atoms with Crippen LogP contribution >= 0.6 is 15.9 Å². The van der Waals surface area contributed by atoms with Crippen molar-refractivity contribution >= 4 is 21.6 Å². The Morgan fingerprint density at radius 2 is 2.05 bits per heavy atom. The van der Waals surface area contributed by atoms with Gasteiger partial charge in [-0.15, -0.1) is 0 Å². The molecule has 0 aliphatic rings. The summed E-state index contributed by atoms with van der Waals surface area (Å²) in [7, 11) is 0. The molecule has 2 nitrogen and oxygen atoms in total. The van der Waals surface area contributed by atoms with Crippen molar-refractivity contribution in [1.29, 1.82) is 0 Å². The third-order valence-electron chi connectivity index (χ3n) is 2.80. The van der Waals surface area contributed by atoms with Crippen LogP contribution < -0.4 is 10.1 Å². The van der Waals surface area contributed by atoms with Gasteiger partial charge in [0, 0.05) is 28.3 Å². The van der Waals surface area contributed by atoms with Crippen LogP contribution in [0.5, 0.6) is 5.75 Å². The molecule has 106 valence electrons. The van der Waals surface area contributed by atoms with Crippen LogP contribution in [0.3, 0.4) is 0 Å². The molecule has 0 atom stereocenters. The van der Waals surface area contributed by atoms with E-state index in [1.54, 1.807) is 6.07 Å². The summed E-state index contributed by atoms with van der Waals surface area (Å²) in [5.41, 5.74) is 1.55. The molecule has 0 fully saturated rings. The molecular weight excluding hydrogens is 321 g/mol. The van der Waals surface area contributed by atoms with Crippen LogP contribution in [-0.2, 0) is 6.54 Å². The Morgan fingerprint density at radius 3 is 2.80 bits per heavy atom. The van der Waals surface area contributed by atoms with Crippen LogP contribution in [-0.4, -0.2) is 6.61 Å². The van der Waals surface area contributed by atoms with Gasteiger partial charge in [0.1, 0.15) is 11.6 Å². The third-order valence-corrected chi connectivity index (χ3v) is 3.30. The first-order valence-corrected chi connectivity index (χ1v) is 7.39. The SMILES string of the molecule is CCCOc1cccc(NCc2ccc(Br)cc2F)c1. The van der Waals surface area contributed by atoms with Gasteiger partial charge in [0.15, 0.2) is 0 Å². The second-order valence-corrected chi connectivity index (χ2v) is 5.38. The van der Waals surface area contributed by atoms with Crippen LogP contribution in [0, 0.1) is 5.82 Å². The molecule has 0 radical (unpaired) electrons. The number of hydrogen-bond donors (Lipinski definition) is 1. The fourth-order valence-corrected chi connectivity index (χ4v) is 2.11. The zero-order chi connectivity index (χ0) is 14.4. The van der Waals surface area contributed by atoms with Gasteiger partial charge in [0.25, 0.3) is 0 Å². The van der Waals surface area contributed by atoms with Gasteiger partial charge in [-0.1, -0.05) is 35.0 Å². The number of benzene rings is 2. The summed E-state index contributed by atoms with van der Waals surface area (Å²) in [4.78, 5) is 0. The first-order chi connectivity index (χ1) is 9.69. The van der Waals surface area contributed by atoms with Crippen LogP contribution in [0.1, 0.15) is 18.9 Å². The predicted octanol–water partition coefficient (Wildman–Crippen LogP) is 4.99. The minimum atomic E-state index is -0.217. The monoisotopic (exact) mass is 337 g/mol. The Bertz CT molecular complexity index is 574. The van der Waals surface area contributed by atoms with Gasteiger partial charge in [-0.05, 0) is 30.7 Å². The van der Waals surface area contributed by atoms with E-state index in [1.807, 2.05) is 30.3 Å². The fraction of sp³-hybridized carbons (Fsp3) is 0.250. The normalized spacial score (nSPS) is 10.3. The second-order valence-electron chi connectivity index (χ2n) is 4.47. The van der Waals surface area contributed by atoms with Crippen molar-refractivity contribution in [2.75, 3.05) is 11.9 Å². The molecule has 0 spiro atoms. The molecule has 0 unspecified atom stereocenters. The number of ether oxygens (including phenoxy) is 1. The number of hydrogen-bond acceptors (Lipinski definition) is 2. The largest absolute Gasteiger partial charge is 0.494 e. The van der Waals surface area contributed by atoms with Gasteiger partial charge in [-0.2, -0.15) is 0 Å². The highest BCUT2D eigenvalue weighted by Gasteiger charge is 2.03. The first kappa shape index (κ1) is 14.9. The predicted molar refractivity (Wildman–Crippen MR) is 83.7 cm³/mol. The van der Waals surface area contributed by atoms with Crippen molar-refractivity contribution in [2.45, 2.75) is 19.9 Å². The lowest BCUT2D eigenvalue weighted by molar-refractivity contribution is 0.317. The molecule has 0 aliphatic heterocycles. The molecule has 2 aromatic rings. The van der Waals surface area contributed by atoms with Crippen molar-refractivity contribution in [3.05, 3.63) is 58.3 Å². The molecular formula is C16H17BrFNO. The minimum Gasteiger partial charge on any atom is -0.494 e. The number of rotatable bonds is 6. The topological polar surface area (TPSA) is 21.3 Å². The Balaban J connectivity index is 1.99. The first-order valence-electron chi connectivity index (χ1n) is 6.59. The van der Waals surface area contributed by atoms with Crippen LogP contribution in [0.4, 0.5) is 10.1 Å². The van der Waals surface area contributed by atoms with Gasteiger partial charge in [-0.25, -0.2) is 4.39 Å². The molecule has 0 heterocycles. The Labute approximate surface area is 127 Å². The van der Waals surface area contributed by atoms with Crippen molar-refractivity contribution in [1.82, 2.24) is 0 Å². The third kappa shape index (κ3) is 4.23. The standard InChI is InChI=1S/C16H17BrFNO/c1-2-8-20-15-5-3-4-14(10-15)19-11-12-6-7-13(17)9-16(12)18/h3-7,9-10,19H,2,8,11H2,1H3. The average Bonchev–Trinajstić information content (AvgIpc) is 2.45. The maximum absolute atomic E-state index is 13.7. The van der Waals surface area contributed by atoms with Crippen LogP contribution in [0.2, 0.25) is 0 Å². The van der Waals surface area contributed by atoms with Crippen molar-refractivity contribution in [3.8, 4) is 5.75 Å². The Kier molecular flexibility index (Phi) is 5.41. The van der Waals surface area contributed by atoms with Gasteiger partial charge in [0.2, 0.25) is 0 Å². The summed E-state index contributed by atoms with van der Waals surface area (Å²) in [5.74, 6) is 0.610. The van der Waals surface area contributed by atoms with Gasteiger partial charge in [0.05, 0.1) is 6.61 Å². The molecule has 0 amide bonds. The highest BCUT2D eigenvalue weighted by molar-refractivity contribution is 9.10. The summed E-state index contributed by atoms with van der Waals surface area (Å²) in [6, 6.07) is 12.8. The summed E-state index contributed by atoms with van der Waals surface area (Å²) in [5, 5.41) is 3.20. The second kappa shape index (κ2) is 7.29. The molecule has 2 aromatic carbocycles. The highest BCUT2D eigenvalue weighted by Crippen LogP contribution is 2.20. The maximum atomic E-state index is 13.7. The van der Waals surface area contributed by atoms with Crippen LogP contribution in [0.25, 0.3) is 0 Å². The van der Waals surface area contributed by atoms with E-state index in [-0.39, 0.29) is 5.82 Å². The lowest BCUT2D eigenvalue weighted by Crippen LogP contribution is -2.02. The average molecular weight is 338 g/mol. The molecule has 0 aromatic heterocycles. The van der Waals surface area contributed by atoms with E-state index in [1.165, 1.54) is 6.07 Å².